The molecule has 0 saturated heterocycles. The Labute approximate surface area is 151 Å². The zero-order valence-electron chi connectivity index (χ0n) is 14.6. The van der Waals surface area contributed by atoms with Crippen LogP contribution in [0.25, 0.3) is 10.9 Å². The second-order valence-corrected chi connectivity index (χ2v) is 7.07. The van der Waals surface area contributed by atoms with Gasteiger partial charge in [0.1, 0.15) is 13.2 Å². The van der Waals surface area contributed by atoms with Gasteiger partial charge in [0.25, 0.3) is 0 Å². The van der Waals surface area contributed by atoms with E-state index in [9.17, 15) is 4.79 Å². The first-order chi connectivity index (χ1) is 12.7. The molecule has 1 fully saturated rings. The van der Waals surface area contributed by atoms with Gasteiger partial charge in [0, 0.05) is 28.4 Å². The molecule has 1 aliphatic carbocycles. The summed E-state index contributed by atoms with van der Waals surface area (Å²) >= 11 is 0. The molecule has 0 unspecified atom stereocenters. The largest absolute Gasteiger partial charge is 0.486 e. The number of para-hydroxylation sites is 1. The van der Waals surface area contributed by atoms with Crippen LogP contribution in [0.4, 0.5) is 5.69 Å². The monoisotopic (exact) mass is 348 g/mol. The smallest absolute Gasteiger partial charge is 0.235 e. The van der Waals surface area contributed by atoms with Crippen LogP contribution in [0.2, 0.25) is 0 Å². The summed E-state index contributed by atoms with van der Waals surface area (Å²) in [6.45, 7) is 3.14. The number of carbonyl (C=O) groups is 1. The van der Waals surface area contributed by atoms with Gasteiger partial charge in [-0.25, -0.2) is 0 Å². The second-order valence-electron chi connectivity index (χ2n) is 7.07. The van der Waals surface area contributed by atoms with Crippen molar-refractivity contribution in [3.8, 4) is 11.5 Å². The molecule has 0 spiro atoms. The maximum absolute atomic E-state index is 13.2. The molecule has 2 aliphatic rings. The summed E-state index contributed by atoms with van der Waals surface area (Å²) in [6.07, 6.45) is 1.73. The van der Waals surface area contributed by atoms with E-state index in [4.69, 9.17) is 9.47 Å². The van der Waals surface area contributed by atoms with Crippen LogP contribution in [-0.4, -0.2) is 24.1 Å². The molecule has 0 bridgehead atoms. The van der Waals surface area contributed by atoms with E-state index in [0.29, 0.717) is 19.0 Å². The first-order valence-corrected chi connectivity index (χ1v) is 8.96. The van der Waals surface area contributed by atoms with Gasteiger partial charge in [-0.15, -0.1) is 0 Å². The maximum Gasteiger partial charge on any atom is 0.235 e. The number of hydrogen-bond donors (Lipinski definition) is 2. The van der Waals surface area contributed by atoms with Crippen molar-refractivity contribution >= 4 is 22.5 Å². The van der Waals surface area contributed by atoms with Gasteiger partial charge in [-0.2, -0.15) is 0 Å². The van der Waals surface area contributed by atoms with Gasteiger partial charge >= 0.3 is 0 Å². The number of fused-ring (bicyclic) bond motifs is 2. The molecule has 1 aromatic heterocycles. The number of hydrogen-bond acceptors (Lipinski definition) is 3. The number of carbonyl (C=O) groups excluding carboxylic acids is 1. The lowest BCUT2D eigenvalue weighted by atomic mass is 9.92. The highest BCUT2D eigenvalue weighted by Crippen LogP contribution is 2.52. The van der Waals surface area contributed by atoms with E-state index in [1.807, 2.05) is 37.3 Å². The number of ether oxygens (including phenoxy) is 2. The summed E-state index contributed by atoms with van der Waals surface area (Å²) in [5.74, 6) is 1.45. The van der Waals surface area contributed by atoms with Crippen molar-refractivity contribution < 1.29 is 14.3 Å². The number of rotatable bonds is 3. The van der Waals surface area contributed by atoms with E-state index in [2.05, 4.69) is 22.4 Å². The third-order valence-corrected chi connectivity index (χ3v) is 5.36. The van der Waals surface area contributed by atoms with Gasteiger partial charge in [0.2, 0.25) is 5.91 Å². The Morgan fingerprint density at radius 2 is 1.85 bits per heavy atom. The molecule has 26 heavy (non-hydrogen) atoms. The van der Waals surface area contributed by atoms with Gasteiger partial charge in [-0.1, -0.05) is 18.2 Å². The van der Waals surface area contributed by atoms with Gasteiger partial charge in [0.05, 0.1) is 5.41 Å². The van der Waals surface area contributed by atoms with Crippen molar-refractivity contribution in [2.24, 2.45) is 0 Å². The summed E-state index contributed by atoms with van der Waals surface area (Å²) < 4.78 is 11.2. The molecule has 0 radical (unpaired) electrons. The van der Waals surface area contributed by atoms with Crippen molar-refractivity contribution in [1.29, 1.82) is 0 Å². The number of amides is 1. The van der Waals surface area contributed by atoms with Gasteiger partial charge in [-0.3, -0.25) is 4.79 Å². The molecule has 1 saturated carbocycles. The SMILES string of the molecule is Cc1[nH]c2ccccc2c1C1(C(=O)Nc2ccc3c(c2)OCCO3)CC1. The zero-order chi connectivity index (χ0) is 17.7. The third kappa shape index (κ3) is 2.27. The minimum Gasteiger partial charge on any atom is -0.486 e. The summed E-state index contributed by atoms with van der Waals surface area (Å²) in [5, 5.41) is 4.23. The van der Waals surface area contributed by atoms with E-state index in [0.717, 1.165) is 46.4 Å². The van der Waals surface area contributed by atoms with Crippen molar-refractivity contribution in [2.75, 3.05) is 18.5 Å². The summed E-state index contributed by atoms with van der Waals surface area (Å²) in [4.78, 5) is 16.6. The summed E-state index contributed by atoms with van der Waals surface area (Å²) in [7, 11) is 0. The molecule has 5 nitrogen and oxygen atoms in total. The molecule has 0 atom stereocenters. The Balaban J connectivity index is 1.47. The quantitative estimate of drug-likeness (QED) is 0.754. The number of H-pyrrole nitrogens is 1. The number of benzene rings is 2. The number of nitrogens with one attached hydrogen (secondary N) is 2. The van der Waals surface area contributed by atoms with Gasteiger partial charge in [-0.05, 0) is 43.5 Å². The average Bonchev–Trinajstić information content (AvgIpc) is 3.38. The first-order valence-electron chi connectivity index (χ1n) is 8.96. The number of aryl methyl sites for hydroxylation is 1. The van der Waals surface area contributed by atoms with Gasteiger partial charge in [0.15, 0.2) is 11.5 Å². The van der Waals surface area contributed by atoms with Crippen molar-refractivity contribution in [2.45, 2.75) is 25.2 Å². The molecule has 2 aromatic carbocycles. The Hall–Kier alpha value is -2.95. The van der Waals surface area contributed by atoms with Gasteiger partial charge < -0.3 is 19.8 Å². The standard InChI is InChI=1S/C21H20N2O3/c1-13-19(15-4-2-3-5-16(15)22-13)21(8-9-21)20(24)23-14-6-7-17-18(12-14)26-11-10-25-17/h2-7,12,22H,8-11H2,1H3,(H,23,24). The van der Waals surface area contributed by atoms with Crippen LogP contribution in [0.15, 0.2) is 42.5 Å². The highest BCUT2D eigenvalue weighted by atomic mass is 16.6. The predicted octanol–water partition coefficient (Wildman–Crippen LogP) is 3.92. The molecular weight excluding hydrogens is 328 g/mol. The zero-order valence-corrected chi connectivity index (χ0v) is 14.6. The molecule has 2 N–H and O–H groups in total. The van der Waals surface area contributed by atoms with E-state index in [-0.39, 0.29) is 5.91 Å². The van der Waals surface area contributed by atoms with Crippen LogP contribution in [0.5, 0.6) is 11.5 Å². The molecule has 5 heteroatoms. The van der Waals surface area contributed by atoms with E-state index >= 15 is 0 Å². The van der Waals surface area contributed by atoms with E-state index in [1.54, 1.807) is 0 Å². The molecule has 2 heterocycles. The number of aromatic amines is 1. The fraction of sp³-hybridized carbons (Fsp3) is 0.286. The predicted molar refractivity (Wildman–Crippen MR) is 100 cm³/mol. The minimum absolute atomic E-state index is 0.0435. The van der Waals surface area contributed by atoms with Crippen LogP contribution >= 0.6 is 0 Å². The second kappa shape index (κ2) is 5.53. The Morgan fingerprint density at radius 1 is 1.08 bits per heavy atom. The molecule has 1 amide bonds. The normalized spacial score (nSPS) is 17.1. The molecule has 5 rings (SSSR count). The number of anilines is 1. The fourth-order valence-corrected chi connectivity index (χ4v) is 3.98. The maximum atomic E-state index is 13.2. The summed E-state index contributed by atoms with van der Waals surface area (Å²) in [6, 6.07) is 13.7. The topological polar surface area (TPSA) is 63.4 Å². The fourth-order valence-electron chi connectivity index (χ4n) is 3.98. The van der Waals surface area contributed by atoms with Crippen molar-refractivity contribution in [3.05, 3.63) is 53.7 Å². The Bertz CT molecular complexity index is 1020. The van der Waals surface area contributed by atoms with Crippen molar-refractivity contribution in [1.82, 2.24) is 4.98 Å². The van der Waals surface area contributed by atoms with Crippen LogP contribution in [0, 0.1) is 6.92 Å². The van der Waals surface area contributed by atoms with Crippen LogP contribution in [-0.2, 0) is 10.2 Å². The van der Waals surface area contributed by atoms with E-state index in [1.165, 1.54) is 0 Å². The lowest BCUT2D eigenvalue weighted by Gasteiger charge is -2.20. The summed E-state index contributed by atoms with van der Waals surface area (Å²) in [5.41, 5.74) is 3.57. The highest BCUT2D eigenvalue weighted by molar-refractivity contribution is 6.05. The third-order valence-electron chi connectivity index (χ3n) is 5.36. The Morgan fingerprint density at radius 3 is 2.65 bits per heavy atom. The first kappa shape index (κ1) is 15.3. The lowest BCUT2D eigenvalue weighted by molar-refractivity contribution is -0.118. The van der Waals surface area contributed by atoms with Crippen LogP contribution in [0.1, 0.15) is 24.1 Å². The highest BCUT2D eigenvalue weighted by Gasteiger charge is 2.53. The Kier molecular flexibility index (Phi) is 3.26. The molecule has 3 aromatic rings. The van der Waals surface area contributed by atoms with Crippen molar-refractivity contribution in [3.63, 3.8) is 0 Å². The van der Waals surface area contributed by atoms with Crippen LogP contribution in [0.3, 0.4) is 0 Å². The molecule has 132 valence electrons. The molecule has 1 aliphatic heterocycles. The number of aromatic nitrogens is 1. The average molecular weight is 348 g/mol. The van der Waals surface area contributed by atoms with Crippen LogP contribution < -0.4 is 14.8 Å². The van der Waals surface area contributed by atoms with E-state index < -0.39 is 5.41 Å². The molecular formula is C21H20N2O3. The minimum atomic E-state index is -0.447. The lowest BCUT2D eigenvalue weighted by Crippen LogP contribution is -2.28.